The van der Waals surface area contributed by atoms with Gasteiger partial charge in [-0.25, -0.2) is 0 Å². The molecule has 0 N–H and O–H groups in total. The molecule has 0 amide bonds. The zero-order valence-electron chi connectivity index (χ0n) is 11.7. The number of ether oxygens (including phenoxy) is 2. The maximum atomic E-state index is 10.8. The summed E-state index contributed by atoms with van der Waals surface area (Å²) in [5.74, 6) is 2.70. The van der Waals surface area contributed by atoms with Crippen molar-refractivity contribution in [2.75, 3.05) is 19.5 Å². The number of carbonyl (C=O) groups is 1. The van der Waals surface area contributed by atoms with E-state index in [1.165, 1.54) is 10.5 Å². The van der Waals surface area contributed by atoms with Crippen LogP contribution in [0.3, 0.4) is 0 Å². The number of aldehydes is 1. The Bertz CT molecular complexity index is 654. The van der Waals surface area contributed by atoms with Crippen LogP contribution in [0.25, 0.3) is 0 Å². The Hall–Kier alpha value is -1.94. The third-order valence-electron chi connectivity index (χ3n) is 3.56. The fourth-order valence-corrected chi connectivity index (χ4v) is 3.67. The molecule has 3 rings (SSSR count). The van der Waals surface area contributed by atoms with Crippen LogP contribution in [0, 0.1) is 0 Å². The SMILES string of the molecule is COc1cc(C=O)ccc1OCC1CSc2ccccc21. The minimum absolute atomic E-state index is 0.390. The normalized spacial score (nSPS) is 16.3. The van der Waals surface area contributed by atoms with Gasteiger partial charge in [0.1, 0.15) is 6.29 Å². The van der Waals surface area contributed by atoms with E-state index < -0.39 is 0 Å². The second-order valence-corrected chi connectivity index (χ2v) is 5.95. The molecule has 0 aliphatic carbocycles. The summed E-state index contributed by atoms with van der Waals surface area (Å²) in [5.41, 5.74) is 1.94. The van der Waals surface area contributed by atoms with Crippen molar-refractivity contribution in [3.63, 3.8) is 0 Å². The van der Waals surface area contributed by atoms with Crippen molar-refractivity contribution in [2.24, 2.45) is 0 Å². The van der Waals surface area contributed by atoms with Crippen LogP contribution >= 0.6 is 11.8 Å². The molecule has 1 unspecified atom stereocenters. The van der Waals surface area contributed by atoms with E-state index in [1.807, 2.05) is 11.8 Å². The summed E-state index contributed by atoms with van der Waals surface area (Å²) in [4.78, 5) is 12.1. The first-order chi connectivity index (χ1) is 10.3. The Morgan fingerprint density at radius 3 is 2.90 bits per heavy atom. The van der Waals surface area contributed by atoms with Gasteiger partial charge in [-0.3, -0.25) is 4.79 Å². The monoisotopic (exact) mass is 300 g/mol. The van der Waals surface area contributed by atoms with Crippen LogP contribution < -0.4 is 9.47 Å². The average Bonchev–Trinajstić information content (AvgIpc) is 2.96. The van der Waals surface area contributed by atoms with Crippen molar-refractivity contribution < 1.29 is 14.3 Å². The molecule has 1 aliphatic rings. The van der Waals surface area contributed by atoms with Gasteiger partial charge in [0.2, 0.25) is 0 Å². The summed E-state index contributed by atoms with van der Waals surface area (Å²) in [6, 6.07) is 13.7. The quantitative estimate of drug-likeness (QED) is 0.787. The Balaban J connectivity index is 1.73. The smallest absolute Gasteiger partial charge is 0.161 e. The van der Waals surface area contributed by atoms with E-state index >= 15 is 0 Å². The lowest BCUT2D eigenvalue weighted by Gasteiger charge is -2.15. The van der Waals surface area contributed by atoms with E-state index in [1.54, 1.807) is 25.3 Å². The molecule has 2 aromatic carbocycles. The molecule has 1 heterocycles. The van der Waals surface area contributed by atoms with E-state index in [9.17, 15) is 4.79 Å². The standard InChI is InChI=1S/C17H16O3S/c1-19-16-8-12(9-18)6-7-15(16)20-10-13-11-21-17-5-3-2-4-14(13)17/h2-9,13H,10-11H2,1H3. The van der Waals surface area contributed by atoms with Gasteiger partial charge in [-0.05, 0) is 29.8 Å². The third-order valence-corrected chi connectivity index (χ3v) is 4.81. The second-order valence-electron chi connectivity index (χ2n) is 4.88. The molecule has 0 radical (unpaired) electrons. The van der Waals surface area contributed by atoms with Crippen LogP contribution in [0.1, 0.15) is 21.8 Å². The number of hydrogen-bond donors (Lipinski definition) is 0. The molecule has 3 nitrogen and oxygen atoms in total. The lowest BCUT2D eigenvalue weighted by atomic mass is 10.0. The summed E-state index contributed by atoms with van der Waals surface area (Å²) in [6.45, 7) is 0.612. The van der Waals surface area contributed by atoms with Crippen molar-refractivity contribution in [3.05, 3.63) is 53.6 Å². The number of methoxy groups -OCH3 is 1. The first-order valence-corrected chi connectivity index (χ1v) is 7.78. The van der Waals surface area contributed by atoms with Crippen molar-refractivity contribution in [2.45, 2.75) is 10.8 Å². The Labute approximate surface area is 128 Å². The van der Waals surface area contributed by atoms with E-state index in [0.717, 1.165) is 12.0 Å². The Kier molecular flexibility index (Phi) is 4.15. The van der Waals surface area contributed by atoms with Crippen molar-refractivity contribution >= 4 is 18.0 Å². The molecular formula is C17H16O3S. The fraction of sp³-hybridized carbons (Fsp3) is 0.235. The molecule has 0 fully saturated rings. The number of thioether (sulfide) groups is 1. The largest absolute Gasteiger partial charge is 0.493 e. The minimum atomic E-state index is 0.390. The maximum Gasteiger partial charge on any atom is 0.161 e. The number of fused-ring (bicyclic) bond motifs is 1. The van der Waals surface area contributed by atoms with Crippen molar-refractivity contribution in [1.29, 1.82) is 0 Å². The molecule has 0 saturated heterocycles. The molecule has 108 valence electrons. The molecule has 0 aromatic heterocycles. The maximum absolute atomic E-state index is 10.8. The zero-order chi connectivity index (χ0) is 14.7. The summed E-state index contributed by atoms with van der Waals surface area (Å²) in [6.07, 6.45) is 0.802. The summed E-state index contributed by atoms with van der Waals surface area (Å²) in [7, 11) is 1.58. The Morgan fingerprint density at radius 1 is 1.24 bits per heavy atom. The van der Waals surface area contributed by atoms with E-state index in [2.05, 4.69) is 24.3 Å². The first kappa shape index (κ1) is 14.0. The molecule has 21 heavy (non-hydrogen) atoms. The number of carbonyl (C=O) groups excluding carboxylic acids is 1. The van der Waals surface area contributed by atoms with Crippen molar-refractivity contribution in [1.82, 2.24) is 0 Å². The zero-order valence-corrected chi connectivity index (χ0v) is 12.6. The number of hydrogen-bond acceptors (Lipinski definition) is 4. The highest BCUT2D eigenvalue weighted by atomic mass is 32.2. The molecule has 0 bridgehead atoms. The molecule has 0 spiro atoms. The topological polar surface area (TPSA) is 35.5 Å². The van der Waals surface area contributed by atoms with Crippen LogP contribution in [-0.2, 0) is 0 Å². The number of rotatable bonds is 5. The second kappa shape index (κ2) is 6.22. The van der Waals surface area contributed by atoms with E-state index in [-0.39, 0.29) is 0 Å². The van der Waals surface area contributed by atoms with Gasteiger partial charge < -0.3 is 9.47 Å². The van der Waals surface area contributed by atoms with Gasteiger partial charge in [0, 0.05) is 22.1 Å². The summed E-state index contributed by atoms with van der Waals surface area (Å²) in [5, 5.41) is 0. The van der Waals surface area contributed by atoms with Gasteiger partial charge in [0.15, 0.2) is 11.5 Å². The summed E-state index contributed by atoms with van der Waals surface area (Å²) < 4.78 is 11.2. The highest BCUT2D eigenvalue weighted by Crippen LogP contribution is 2.40. The van der Waals surface area contributed by atoms with Crippen LogP contribution in [0.5, 0.6) is 11.5 Å². The highest BCUT2D eigenvalue weighted by Gasteiger charge is 2.23. The van der Waals surface area contributed by atoms with Crippen LogP contribution in [0.4, 0.5) is 0 Å². The van der Waals surface area contributed by atoms with Gasteiger partial charge in [-0.15, -0.1) is 11.8 Å². The highest BCUT2D eigenvalue weighted by molar-refractivity contribution is 7.99. The third kappa shape index (κ3) is 2.90. The van der Waals surface area contributed by atoms with Crippen LogP contribution in [0.2, 0.25) is 0 Å². The van der Waals surface area contributed by atoms with Gasteiger partial charge in [-0.1, -0.05) is 18.2 Å². The lowest BCUT2D eigenvalue weighted by Crippen LogP contribution is -2.10. The van der Waals surface area contributed by atoms with Crippen LogP contribution in [-0.4, -0.2) is 25.8 Å². The molecule has 2 aromatic rings. The van der Waals surface area contributed by atoms with Crippen LogP contribution in [0.15, 0.2) is 47.4 Å². The molecule has 4 heteroatoms. The predicted molar refractivity (Wildman–Crippen MR) is 83.8 cm³/mol. The van der Waals surface area contributed by atoms with E-state index in [0.29, 0.717) is 29.6 Å². The number of benzene rings is 2. The van der Waals surface area contributed by atoms with E-state index in [4.69, 9.17) is 9.47 Å². The lowest BCUT2D eigenvalue weighted by molar-refractivity contribution is 0.112. The Morgan fingerprint density at radius 2 is 2.10 bits per heavy atom. The molecule has 1 aliphatic heterocycles. The van der Waals surface area contributed by atoms with Gasteiger partial charge in [-0.2, -0.15) is 0 Å². The predicted octanol–water partition coefficient (Wildman–Crippen LogP) is 3.78. The van der Waals surface area contributed by atoms with Gasteiger partial charge in [0.25, 0.3) is 0 Å². The average molecular weight is 300 g/mol. The molecule has 1 atom stereocenters. The fourth-order valence-electron chi connectivity index (χ4n) is 2.43. The van der Waals surface area contributed by atoms with Gasteiger partial charge >= 0.3 is 0 Å². The first-order valence-electron chi connectivity index (χ1n) is 6.79. The minimum Gasteiger partial charge on any atom is -0.493 e. The van der Waals surface area contributed by atoms with Gasteiger partial charge in [0.05, 0.1) is 13.7 Å². The summed E-state index contributed by atoms with van der Waals surface area (Å²) >= 11 is 1.87. The van der Waals surface area contributed by atoms with Crippen molar-refractivity contribution in [3.8, 4) is 11.5 Å². The molecular weight excluding hydrogens is 284 g/mol. The molecule has 0 saturated carbocycles.